The highest BCUT2D eigenvalue weighted by Crippen LogP contribution is 2.38. The molecule has 0 nitrogen and oxygen atoms in total. The fourth-order valence-corrected chi connectivity index (χ4v) is 5.05. The Labute approximate surface area is 186 Å². The van der Waals surface area contributed by atoms with Crippen molar-refractivity contribution in [2.24, 2.45) is 5.92 Å². The van der Waals surface area contributed by atoms with E-state index in [1.54, 1.807) is 0 Å². The molecule has 4 rings (SSSR count). The van der Waals surface area contributed by atoms with Crippen molar-refractivity contribution in [1.29, 1.82) is 0 Å². The number of halogens is 1. The van der Waals surface area contributed by atoms with Crippen molar-refractivity contribution in [2.45, 2.75) is 58.3 Å². The lowest BCUT2D eigenvalue weighted by Gasteiger charge is -2.28. The quantitative estimate of drug-likeness (QED) is 0.354. The second kappa shape index (κ2) is 10.1. The minimum absolute atomic E-state index is 0.126. The zero-order chi connectivity index (χ0) is 21.6. The van der Waals surface area contributed by atoms with E-state index in [4.69, 9.17) is 0 Å². The third-order valence-corrected chi connectivity index (χ3v) is 6.85. The van der Waals surface area contributed by atoms with Crippen molar-refractivity contribution in [3.8, 4) is 11.1 Å². The summed E-state index contributed by atoms with van der Waals surface area (Å²) in [7, 11) is 0. The van der Waals surface area contributed by atoms with Gasteiger partial charge >= 0.3 is 0 Å². The van der Waals surface area contributed by atoms with Crippen molar-refractivity contribution < 1.29 is 4.39 Å². The summed E-state index contributed by atoms with van der Waals surface area (Å²) in [6.45, 7) is 4.10. The summed E-state index contributed by atoms with van der Waals surface area (Å²) in [6.07, 6.45) is 16.3. The highest BCUT2D eigenvalue weighted by atomic mass is 19.1. The summed E-state index contributed by atoms with van der Waals surface area (Å²) in [6, 6.07) is 18.5. The molecule has 0 atom stereocenters. The largest absolute Gasteiger partial charge is 0.206 e. The van der Waals surface area contributed by atoms with Gasteiger partial charge in [-0.2, -0.15) is 0 Å². The number of rotatable bonds is 6. The molecule has 31 heavy (non-hydrogen) atoms. The topological polar surface area (TPSA) is 0 Å². The number of allylic oxidation sites excluding steroid dienone is 3. The number of fused-ring (bicyclic) bond motifs is 1. The van der Waals surface area contributed by atoms with Crippen molar-refractivity contribution in [2.75, 3.05) is 0 Å². The van der Waals surface area contributed by atoms with Gasteiger partial charge in [0.15, 0.2) is 0 Å². The Kier molecular flexibility index (Phi) is 7.02. The molecule has 3 aromatic carbocycles. The van der Waals surface area contributed by atoms with Gasteiger partial charge in [0.05, 0.1) is 0 Å². The zero-order valence-electron chi connectivity index (χ0n) is 18.8. The van der Waals surface area contributed by atoms with E-state index in [9.17, 15) is 0 Å². The van der Waals surface area contributed by atoms with E-state index >= 15 is 4.39 Å². The predicted octanol–water partition coefficient (Wildman–Crippen LogP) is 9.31. The molecule has 1 heteroatoms. The first-order valence-electron chi connectivity index (χ1n) is 11.8. The van der Waals surface area contributed by atoms with Crippen molar-refractivity contribution in [3.63, 3.8) is 0 Å². The summed E-state index contributed by atoms with van der Waals surface area (Å²) >= 11 is 0. The van der Waals surface area contributed by atoms with E-state index in [-0.39, 0.29) is 5.82 Å². The average molecular weight is 413 g/mol. The monoisotopic (exact) mass is 412 g/mol. The maximum absolute atomic E-state index is 15.3. The van der Waals surface area contributed by atoms with Crippen molar-refractivity contribution >= 4 is 16.8 Å². The molecule has 0 aromatic heterocycles. The zero-order valence-corrected chi connectivity index (χ0v) is 18.8. The van der Waals surface area contributed by atoms with E-state index in [1.807, 2.05) is 49.4 Å². The van der Waals surface area contributed by atoms with Gasteiger partial charge < -0.3 is 0 Å². The Bertz CT molecular complexity index is 1060. The molecule has 0 radical (unpaired) electrons. The molecule has 0 bridgehead atoms. The number of benzene rings is 3. The van der Waals surface area contributed by atoms with E-state index in [2.05, 4.69) is 43.3 Å². The molecule has 0 N–H and O–H groups in total. The summed E-state index contributed by atoms with van der Waals surface area (Å²) < 4.78 is 15.3. The lowest BCUT2D eigenvalue weighted by atomic mass is 9.77. The second-order valence-electron chi connectivity index (χ2n) is 8.89. The molecule has 3 aromatic rings. The van der Waals surface area contributed by atoms with Crippen LogP contribution in [0.2, 0.25) is 0 Å². The van der Waals surface area contributed by atoms with Gasteiger partial charge in [0.1, 0.15) is 5.82 Å². The number of hydrogen-bond acceptors (Lipinski definition) is 0. The summed E-state index contributed by atoms with van der Waals surface area (Å²) in [5.74, 6) is 1.41. The fraction of sp³-hybridized carbons (Fsp3) is 0.333. The third-order valence-electron chi connectivity index (χ3n) is 6.85. The Morgan fingerprint density at radius 2 is 1.65 bits per heavy atom. The smallest absolute Gasteiger partial charge is 0.138 e. The second-order valence-corrected chi connectivity index (χ2v) is 8.89. The van der Waals surface area contributed by atoms with Gasteiger partial charge in [-0.15, -0.1) is 0 Å². The van der Waals surface area contributed by atoms with Crippen LogP contribution in [-0.4, -0.2) is 0 Å². The van der Waals surface area contributed by atoms with Crippen LogP contribution in [0.3, 0.4) is 0 Å². The molecule has 1 aliphatic carbocycles. The molecule has 0 amide bonds. The average Bonchev–Trinajstić information content (AvgIpc) is 2.80. The molecule has 1 fully saturated rings. The SMILES string of the molecule is C/C=C/CCC1CCC(c2ccc(-c3ccc4cc(/C=C/C)ccc4c3F)cc2)CC1. The predicted molar refractivity (Wildman–Crippen MR) is 133 cm³/mol. The molecule has 1 aliphatic rings. The third kappa shape index (κ3) is 4.98. The normalized spacial score (nSPS) is 19.6. The van der Waals surface area contributed by atoms with Crippen LogP contribution in [0, 0.1) is 11.7 Å². The molecule has 0 saturated heterocycles. The minimum atomic E-state index is -0.126. The van der Waals surface area contributed by atoms with Crippen molar-refractivity contribution in [1.82, 2.24) is 0 Å². The Morgan fingerprint density at radius 3 is 2.35 bits per heavy atom. The first-order chi connectivity index (χ1) is 15.2. The lowest BCUT2D eigenvalue weighted by Crippen LogP contribution is -2.13. The Morgan fingerprint density at radius 1 is 0.871 bits per heavy atom. The maximum Gasteiger partial charge on any atom is 0.138 e. The van der Waals surface area contributed by atoms with E-state index < -0.39 is 0 Å². The first-order valence-corrected chi connectivity index (χ1v) is 11.8. The minimum Gasteiger partial charge on any atom is -0.206 e. The van der Waals surface area contributed by atoms with Gasteiger partial charge in [0.2, 0.25) is 0 Å². The molecule has 0 spiro atoms. The highest BCUT2D eigenvalue weighted by molar-refractivity contribution is 5.89. The molecule has 1 saturated carbocycles. The van der Waals surface area contributed by atoms with Crippen LogP contribution in [0.1, 0.15) is 69.4 Å². The molecule has 0 aliphatic heterocycles. The van der Waals surface area contributed by atoms with E-state index in [1.165, 1.54) is 44.1 Å². The van der Waals surface area contributed by atoms with Crippen LogP contribution in [0.15, 0.2) is 72.8 Å². The first kappa shape index (κ1) is 21.6. The highest BCUT2D eigenvalue weighted by Gasteiger charge is 2.22. The summed E-state index contributed by atoms with van der Waals surface area (Å²) in [4.78, 5) is 0. The molecule has 0 unspecified atom stereocenters. The molecule has 160 valence electrons. The fourth-order valence-electron chi connectivity index (χ4n) is 5.05. The van der Waals surface area contributed by atoms with Gasteiger partial charge in [-0.1, -0.05) is 72.8 Å². The van der Waals surface area contributed by atoms with Gasteiger partial charge in [0, 0.05) is 10.9 Å². The van der Waals surface area contributed by atoms with Crippen LogP contribution in [0.25, 0.3) is 28.0 Å². The Balaban J connectivity index is 1.48. The van der Waals surface area contributed by atoms with E-state index in [0.717, 1.165) is 22.4 Å². The van der Waals surface area contributed by atoms with Crippen LogP contribution in [0.5, 0.6) is 0 Å². The Hall–Kier alpha value is -2.67. The molecule has 0 heterocycles. The van der Waals surface area contributed by atoms with Crippen LogP contribution < -0.4 is 0 Å². The van der Waals surface area contributed by atoms with Crippen LogP contribution >= 0.6 is 0 Å². The van der Waals surface area contributed by atoms with Gasteiger partial charge in [-0.25, -0.2) is 4.39 Å². The van der Waals surface area contributed by atoms with Crippen LogP contribution in [-0.2, 0) is 0 Å². The van der Waals surface area contributed by atoms with Gasteiger partial charge in [-0.05, 0) is 92.4 Å². The standard InChI is InChI=1S/C30H33F/c1-3-5-6-8-22-9-12-24(13-10-22)25-14-16-26(17-15-25)28-20-18-27-21-23(7-4-2)11-19-29(27)30(28)31/h3-5,7,11,14-22,24H,6,8-10,12-13H2,1-2H3/b5-3+,7-4+. The molecular weight excluding hydrogens is 379 g/mol. The molecular formula is C30H33F. The van der Waals surface area contributed by atoms with Crippen molar-refractivity contribution in [3.05, 3.63) is 89.8 Å². The lowest BCUT2D eigenvalue weighted by molar-refractivity contribution is 0.312. The van der Waals surface area contributed by atoms with Crippen LogP contribution in [0.4, 0.5) is 4.39 Å². The maximum atomic E-state index is 15.3. The number of hydrogen-bond donors (Lipinski definition) is 0. The van der Waals surface area contributed by atoms with Gasteiger partial charge in [0.25, 0.3) is 0 Å². The van der Waals surface area contributed by atoms with Gasteiger partial charge in [-0.3, -0.25) is 0 Å². The summed E-state index contributed by atoms with van der Waals surface area (Å²) in [5.41, 5.74) is 4.15. The van der Waals surface area contributed by atoms with E-state index in [0.29, 0.717) is 16.9 Å². The summed E-state index contributed by atoms with van der Waals surface area (Å²) in [5, 5.41) is 1.63.